The number of nitriles is 1. The van der Waals surface area contributed by atoms with Crippen LogP contribution in [0.5, 0.6) is 5.75 Å². The molecule has 1 aliphatic rings. The number of hydrogen-bond acceptors (Lipinski definition) is 5. The molecule has 0 radical (unpaired) electrons. The summed E-state index contributed by atoms with van der Waals surface area (Å²) >= 11 is 12.6. The van der Waals surface area contributed by atoms with Gasteiger partial charge in [0.15, 0.2) is 0 Å². The number of halogens is 2. The fraction of sp³-hybridized carbons (Fsp3) is 0.375. The summed E-state index contributed by atoms with van der Waals surface area (Å²) in [5, 5.41) is 20.8. The summed E-state index contributed by atoms with van der Waals surface area (Å²) in [4.78, 5) is 24.4. The molecule has 3 aromatic rings. The molecule has 2 amide bonds. The van der Waals surface area contributed by atoms with Crippen LogP contribution in [0.25, 0.3) is 11.0 Å². The third-order valence-corrected chi connectivity index (χ3v) is 6.43. The SMILES string of the molecule is COc1ccc(CC2CN(Cc3nc4c(C#N)c(Cl)ccc4[nH]3)C(=O)N2CC(C)(C)O)c(Cl)c1. The lowest BCUT2D eigenvalue weighted by Crippen LogP contribution is -2.45. The first kappa shape index (κ1) is 24.1. The molecule has 0 bridgehead atoms. The molecule has 0 spiro atoms. The lowest BCUT2D eigenvalue weighted by Gasteiger charge is -2.29. The zero-order valence-corrected chi connectivity index (χ0v) is 20.6. The lowest BCUT2D eigenvalue weighted by molar-refractivity contribution is 0.0425. The predicted molar refractivity (Wildman–Crippen MR) is 130 cm³/mol. The Labute approximate surface area is 207 Å². The van der Waals surface area contributed by atoms with Crippen molar-refractivity contribution in [1.82, 2.24) is 19.8 Å². The maximum absolute atomic E-state index is 13.3. The van der Waals surface area contributed by atoms with Crippen LogP contribution in [0, 0.1) is 11.3 Å². The molecule has 1 fully saturated rings. The molecule has 8 nitrogen and oxygen atoms in total. The second kappa shape index (κ2) is 9.34. The van der Waals surface area contributed by atoms with Crippen molar-refractivity contribution < 1.29 is 14.6 Å². The van der Waals surface area contributed by atoms with E-state index in [4.69, 9.17) is 27.9 Å². The number of carbonyl (C=O) groups is 1. The van der Waals surface area contributed by atoms with Gasteiger partial charge in [0.25, 0.3) is 0 Å². The summed E-state index contributed by atoms with van der Waals surface area (Å²) in [6.45, 7) is 4.18. The van der Waals surface area contributed by atoms with Gasteiger partial charge < -0.3 is 24.6 Å². The van der Waals surface area contributed by atoms with Gasteiger partial charge in [0, 0.05) is 11.6 Å². The van der Waals surface area contributed by atoms with E-state index in [2.05, 4.69) is 16.0 Å². The molecular weight excluding hydrogens is 477 g/mol. The Kier molecular flexibility index (Phi) is 6.63. The zero-order valence-electron chi connectivity index (χ0n) is 19.1. The van der Waals surface area contributed by atoms with Gasteiger partial charge in [-0.05, 0) is 50.1 Å². The number of ether oxygens (including phenoxy) is 1. The minimum Gasteiger partial charge on any atom is -0.497 e. The van der Waals surface area contributed by atoms with E-state index in [1.807, 2.05) is 12.1 Å². The highest BCUT2D eigenvalue weighted by Crippen LogP contribution is 2.29. The van der Waals surface area contributed by atoms with Gasteiger partial charge >= 0.3 is 6.03 Å². The largest absolute Gasteiger partial charge is 0.497 e. The number of methoxy groups -OCH3 is 1. The monoisotopic (exact) mass is 501 g/mol. The quantitative estimate of drug-likeness (QED) is 0.499. The summed E-state index contributed by atoms with van der Waals surface area (Å²) in [5.74, 6) is 1.21. The number of H-pyrrole nitrogens is 1. The Morgan fingerprint density at radius 2 is 2.06 bits per heavy atom. The van der Waals surface area contributed by atoms with E-state index >= 15 is 0 Å². The number of nitrogens with one attached hydrogen (secondary N) is 1. The Morgan fingerprint density at radius 3 is 2.71 bits per heavy atom. The number of fused-ring (bicyclic) bond motifs is 1. The Hall–Kier alpha value is -2.99. The average molecular weight is 502 g/mol. The number of imidazole rings is 1. The van der Waals surface area contributed by atoms with Crippen molar-refractivity contribution in [2.75, 3.05) is 20.2 Å². The van der Waals surface area contributed by atoms with Gasteiger partial charge in [-0.2, -0.15) is 5.26 Å². The summed E-state index contributed by atoms with van der Waals surface area (Å²) in [6, 6.07) is 10.6. The standard InChI is InChI=1S/C24H25Cl2N5O3/c1-24(2,33)13-31-15(8-14-4-5-16(34-3)9-19(14)26)11-30(23(31)32)12-21-28-20-7-6-18(25)17(10-27)22(20)29-21/h4-7,9,15,33H,8,11-13H2,1-3H3,(H,28,29). The van der Waals surface area contributed by atoms with Gasteiger partial charge in [-0.15, -0.1) is 0 Å². The van der Waals surface area contributed by atoms with E-state index in [0.29, 0.717) is 51.2 Å². The number of rotatable bonds is 7. The van der Waals surface area contributed by atoms with Crippen LogP contribution in [0.2, 0.25) is 10.0 Å². The lowest BCUT2D eigenvalue weighted by atomic mass is 10.0. The predicted octanol–water partition coefficient (Wildman–Crippen LogP) is 4.37. The fourth-order valence-corrected chi connectivity index (χ4v) is 4.67. The summed E-state index contributed by atoms with van der Waals surface area (Å²) in [7, 11) is 1.58. The Morgan fingerprint density at radius 1 is 1.29 bits per heavy atom. The number of nitrogens with zero attached hydrogens (tertiary/aromatic N) is 4. The molecule has 178 valence electrons. The van der Waals surface area contributed by atoms with E-state index in [9.17, 15) is 15.2 Å². The van der Waals surface area contributed by atoms with Gasteiger partial charge in [0.05, 0.1) is 47.9 Å². The van der Waals surface area contributed by atoms with Crippen molar-refractivity contribution in [3.8, 4) is 11.8 Å². The number of carbonyl (C=O) groups excluding carboxylic acids is 1. The fourth-order valence-electron chi connectivity index (χ4n) is 4.23. The molecule has 1 saturated heterocycles. The van der Waals surface area contributed by atoms with Gasteiger partial charge in [-0.3, -0.25) is 0 Å². The minimum absolute atomic E-state index is 0.176. The molecule has 2 aromatic carbocycles. The molecule has 1 atom stereocenters. The molecule has 1 aliphatic heterocycles. The zero-order chi connectivity index (χ0) is 24.6. The number of amides is 2. The van der Waals surface area contributed by atoms with Crippen molar-refractivity contribution in [2.45, 2.75) is 38.5 Å². The second-order valence-corrected chi connectivity index (χ2v) is 9.85. The third-order valence-electron chi connectivity index (χ3n) is 5.77. The van der Waals surface area contributed by atoms with Gasteiger partial charge in [-0.25, -0.2) is 9.78 Å². The summed E-state index contributed by atoms with van der Waals surface area (Å²) in [5.41, 5.74) is 1.28. The highest BCUT2D eigenvalue weighted by Gasteiger charge is 2.40. The van der Waals surface area contributed by atoms with Gasteiger partial charge in [-0.1, -0.05) is 29.3 Å². The normalized spacial score (nSPS) is 16.4. The topological polar surface area (TPSA) is 105 Å². The molecule has 0 saturated carbocycles. The van der Waals surface area contributed by atoms with Crippen LogP contribution >= 0.6 is 23.2 Å². The molecule has 34 heavy (non-hydrogen) atoms. The number of β-amino-alcohol motifs (C(OH)–C–C–N with tert-alkyl or cyclic N) is 1. The van der Waals surface area contributed by atoms with E-state index in [0.717, 1.165) is 5.56 Å². The molecular formula is C24H25Cl2N5O3. The van der Waals surface area contributed by atoms with Crippen molar-refractivity contribution in [1.29, 1.82) is 5.26 Å². The Balaban J connectivity index is 1.60. The molecule has 10 heteroatoms. The molecule has 0 aliphatic carbocycles. The maximum atomic E-state index is 13.3. The number of benzene rings is 2. The Bertz CT molecular complexity index is 1280. The first-order valence-electron chi connectivity index (χ1n) is 10.8. The maximum Gasteiger partial charge on any atom is 0.320 e. The van der Waals surface area contributed by atoms with E-state index < -0.39 is 5.60 Å². The van der Waals surface area contributed by atoms with Crippen molar-refractivity contribution in [3.05, 3.63) is 57.3 Å². The first-order valence-corrected chi connectivity index (χ1v) is 11.5. The van der Waals surface area contributed by atoms with E-state index in [1.54, 1.807) is 49.0 Å². The number of hydrogen-bond donors (Lipinski definition) is 2. The van der Waals surface area contributed by atoms with Gasteiger partial charge in [0.1, 0.15) is 23.2 Å². The number of aromatic amines is 1. The smallest absolute Gasteiger partial charge is 0.320 e. The number of aromatic nitrogens is 2. The molecule has 2 heterocycles. The number of aliphatic hydroxyl groups is 1. The van der Waals surface area contributed by atoms with Crippen molar-refractivity contribution in [2.24, 2.45) is 0 Å². The van der Waals surface area contributed by atoms with Crippen LogP contribution in [0.3, 0.4) is 0 Å². The van der Waals surface area contributed by atoms with Crippen LogP contribution in [-0.4, -0.2) is 62.7 Å². The highest BCUT2D eigenvalue weighted by molar-refractivity contribution is 6.32. The third kappa shape index (κ3) is 4.92. The van der Waals surface area contributed by atoms with E-state index in [-0.39, 0.29) is 25.2 Å². The molecule has 4 rings (SSSR count). The van der Waals surface area contributed by atoms with Crippen molar-refractivity contribution >= 4 is 40.3 Å². The number of urea groups is 1. The van der Waals surface area contributed by atoms with Crippen molar-refractivity contribution in [3.63, 3.8) is 0 Å². The van der Waals surface area contributed by atoms with Crippen LogP contribution in [-0.2, 0) is 13.0 Å². The van der Waals surface area contributed by atoms with Crippen LogP contribution in [0.15, 0.2) is 30.3 Å². The highest BCUT2D eigenvalue weighted by atomic mass is 35.5. The second-order valence-electron chi connectivity index (χ2n) is 9.03. The molecule has 1 aromatic heterocycles. The molecule has 1 unspecified atom stereocenters. The van der Waals surface area contributed by atoms with Crippen LogP contribution in [0.1, 0.15) is 30.8 Å². The molecule has 2 N–H and O–H groups in total. The van der Waals surface area contributed by atoms with Crippen LogP contribution < -0.4 is 4.74 Å². The minimum atomic E-state index is -1.06. The summed E-state index contributed by atoms with van der Waals surface area (Å²) < 4.78 is 5.23. The van der Waals surface area contributed by atoms with Crippen LogP contribution in [0.4, 0.5) is 4.79 Å². The van der Waals surface area contributed by atoms with E-state index in [1.165, 1.54) is 0 Å². The van der Waals surface area contributed by atoms with Gasteiger partial charge in [0.2, 0.25) is 0 Å². The average Bonchev–Trinajstić information content (AvgIpc) is 3.30. The summed E-state index contributed by atoms with van der Waals surface area (Å²) in [6.07, 6.45) is 0.523. The first-order chi connectivity index (χ1) is 16.1.